The largest absolute Gasteiger partial charge is 0.368 e. The highest BCUT2D eigenvalue weighted by Crippen LogP contribution is 2.27. The summed E-state index contributed by atoms with van der Waals surface area (Å²) >= 11 is 3.56. The van der Waals surface area contributed by atoms with Crippen LogP contribution in [0.15, 0.2) is 22.7 Å². The van der Waals surface area contributed by atoms with Gasteiger partial charge in [-0.1, -0.05) is 15.9 Å². The van der Waals surface area contributed by atoms with E-state index in [9.17, 15) is 0 Å². The highest BCUT2D eigenvalue weighted by Gasteiger charge is 2.22. The van der Waals surface area contributed by atoms with Crippen LogP contribution in [0.4, 0.5) is 5.69 Å². The second kappa shape index (κ2) is 6.25. The number of hydrogen-bond acceptors (Lipinski definition) is 3. The van der Waals surface area contributed by atoms with E-state index >= 15 is 0 Å². The summed E-state index contributed by atoms with van der Waals surface area (Å²) in [6.07, 6.45) is 0.926. The van der Waals surface area contributed by atoms with E-state index < -0.39 is 0 Å². The van der Waals surface area contributed by atoms with Gasteiger partial charge in [0.25, 0.3) is 0 Å². The second-order valence-corrected chi connectivity index (χ2v) is 6.65. The van der Waals surface area contributed by atoms with E-state index in [0.717, 1.165) is 30.5 Å². The van der Waals surface area contributed by atoms with Crippen molar-refractivity contribution in [3.8, 4) is 0 Å². The minimum absolute atomic E-state index is 0.193. The third-order valence-corrected chi connectivity index (χ3v) is 4.38. The summed E-state index contributed by atoms with van der Waals surface area (Å²) in [5.41, 5.74) is 8.68. The van der Waals surface area contributed by atoms with Crippen molar-refractivity contribution in [2.24, 2.45) is 5.73 Å². The Morgan fingerprint density at radius 3 is 2.79 bits per heavy atom. The van der Waals surface area contributed by atoms with Gasteiger partial charge in [-0.3, -0.25) is 0 Å². The van der Waals surface area contributed by atoms with Crippen molar-refractivity contribution in [3.05, 3.63) is 28.2 Å². The number of rotatable bonds is 3. The van der Waals surface area contributed by atoms with Crippen LogP contribution in [0.1, 0.15) is 19.4 Å². The number of anilines is 1. The fourth-order valence-electron chi connectivity index (χ4n) is 2.64. The van der Waals surface area contributed by atoms with Crippen molar-refractivity contribution in [2.45, 2.75) is 32.4 Å². The van der Waals surface area contributed by atoms with E-state index in [-0.39, 0.29) is 6.04 Å². The van der Waals surface area contributed by atoms with Gasteiger partial charge in [-0.2, -0.15) is 0 Å². The number of halogens is 1. The zero-order valence-electron chi connectivity index (χ0n) is 12.1. The topological polar surface area (TPSA) is 32.5 Å². The van der Waals surface area contributed by atoms with Crippen molar-refractivity contribution in [2.75, 3.05) is 31.6 Å². The summed E-state index contributed by atoms with van der Waals surface area (Å²) in [6, 6.07) is 7.35. The van der Waals surface area contributed by atoms with Gasteiger partial charge in [0.2, 0.25) is 0 Å². The van der Waals surface area contributed by atoms with Crippen molar-refractivity contribution in [1.29, 1.82) is 0 Å². The molecule has 19 heavy (non-hydrogen) atoms. The third kappa shape index (κ3) is 3.71. The van der Waals surface area contributed by atoms with Gasteiger partial charge in [0.05, 0.1) is 0 Å². The summed E-state index contributed by atoms with van der Waals surface area (Å²) < 4.78 is 1.13. The van der Waals surface area contributed by atoms with E-state index in [2.05, 4.69) is 64.8 Å². The Bertz CT molecular complexity index is 433. The van der Waals surface area contributed by atoms with Crippen LogP contribution < -0.4 is 10.6 Å². The summed E-state index contributed by atoms with van der Waals surface area (Å²) in [6.45, 7) is 7.65. The third-order valence-electron chi connectivity index (χ3n) is 3.88. The summed E-state index contributed by atoms with van der Waals surface area (Å²) in [7, 11) is 2.20. The number of hydrogen-bond donors (Lipinski definition) is 1. The molecule has 0 aliphatic carbocycles. The summed E-state index contributed by atoms with van der Waals surface area (Å²) in [5, 5.41) is 0. The van der Waals surface area contributed by atoms with E-state index in [1.807, 2.05) is 0 Å². The molecule has 2 N–H and O–H groups in total. The van der Waals surface area contributed by atoms with Crippen molar-refractivity contribution in [3.63, 3.8) is 0 Å². The maximum absolute atomic E-state index is 5.98. The maximum Gasteiger partial charge on any atom is 0.0401 e. The predicted molar refractivity (Wildman–Crippen MR) is 85.8 cm³/mol. The first kappa shape index (κ1) is 14.8. The lowest BCUT2D eigenvalue weighted by molar-refractivity contribution is 0.234. The molecule has 1 aromatic rings. The Morgan fingerprint density at radius 2 is 2.16 bits per heavy atom. The van der Waals surface area contributed by atoms with Crippen molar-refractivity contribution < 1.29 is 0 Å². The van der Waals surface area contributed by atoms with Gasteiger partial charge in [-0.25, -0.2) is 0 Å². The zero-order valence-corrected chi connectivity index (χ0v) is 13.7. The highest BCUT2D eigenvalue weighted by atomic mass is 79.9. The number of nitrogens with two attached hydrogens (primary N) is 1. The molecule has 1 aromatic carbocycles. The van der Waals surface area contributed by atoms with Gasteiger partial charge in [0.15, 0.2) is 0 Å². The first-order valence-electron chi connectivity index (χ1n) is 6.96. The summed E-state index contributed by atoms with van der Waals surface area (Å²) in [5.74, 6) is 0. The molecule has 2 rings (SSSR count). The highest BCUT2D eigenvalue weighted by molar-refractivity contribution is 9.10. The minimum atomic E-state index is 0.193. The fourth-order valence-corrected chi connectivity index (χ4v) is 3.05. The first-order chi connectivity index (χ1) is 8.97. The van der Waals surface area contributed by atoms with Gasteiger partial charge in [-0.05, 0) is 51.1 Å². The second-order valence-electron chi connectivity index (χ2n) is 5.73. The molecule has 0 spiro atoms. The Morgan fingerprint density at radius 1 is 1.42 bits per heavy atom. The van der Waals surface area contributed by atoms with Crippen LogP contribution in [0, 0.1) is 0 Å². The predicted octanol–water partition coefficient (Wildman–Crippen LogP) is 2.48. The molecule has 2 atom stereocenters. The molecule has 1 saturated heterocycles. The lowest BCUT2D eigenvalue weighted by Gasteiger charge is -2.40. The molecule has 4 heteroatoms. The van der Waals surface area contributed by atoms with Crippen LogP contribution in [-0.2, 0) is 6.42 Å². The number of piperazine rings is 1. The molecule has 106 valence electrons. The normalized spacial score (nSPS) is 22.6. The molecule has 1 fully saturated rings. The monoisotopic (exact) mass is 325 g/mol. The number of nitrogens with zero attached hydrogens (tertiary/aromatic N) is 2. The molecule has 0 saturated carbocycles. The van der Waals surface area contributed by atoms with Crippen LogP contribution in [0.2, 0.25) is 0 Å². The van der Waals surface area contributed by atoms with Gasteiger partial charge < -0.3 is 15.5 Å². The quantitative estimate of drug-likeness (QED) is 0.926. The van der Waals surface area contributed by atoms with Crippen LogP contribution in [0.25, 0.3) is 0 Å². The number of likely N-dealkylation sites (N-methyl/N-ethyl adjacent to an activating group) is 1. The van der Waals surface area contributed by atoms with Crippen molar-refractivity contribution in [1.82, 2.24) is 4.90 Å². The Labute approximate surface area is 124 Å². The average molecular weight is 326 g/mol. The van der Waals surface area contributed by atoms with E-state index in [1.54, 1.807) is 0 Å². The van der Waals surface area contributed by atoms with Gasteiger partial charge in [-0.15, -0.1) is 0 Å². The Balaban J connectivity index is 2.23. The maximum atomic E-state index is 5.98. The Kier molecular flexibility index (Phi) is 4.87. The molecule has 0 bridgehead atoms. The van der Waals surface area contributed by atoms with Crippen LogP contribution in [0.3, 0.4) is 0 Å². The molecule has 3 nitrogen and oxygen atoms in total. The van der Waals surface area contributed by atoms with Crippen LogP contribution in [-0.4, -0.2) is 43.7 Å². The molecular weight excluding hydrogens is 302 g/mol. The molecule has 0 amide bonds. The van der Waals surface area contributed by atoms with Crippen LogP contribution in [0.5, 0.6) is 0 Å². The fraction of sp³-hybridized carbons (Fsp3) is 0.600. The smallest absolute Gasteiger partial charge is 0.0401 e. The van der Waals surface area contributed by atoms with Gasteiger partial charge in [0, 0.05) is 41.9 Å². The molecule has 0 aromatic heterocycles. The minimum Gasteiger partial charge on any atom is -0.368 e. The first-order valence-corrected chi connectivity index (χ1v) is 7.76. The summed E-state index contributed by atoms with van der Waals surface area (Å²) in [4.78, 5) is 4.91. The van der Waals surface area contributed by atoms with Gasteiger partial charge in [0.1, 0.15) is 0 Å². The van der Waals surface area contributed by atoms with Crippen molar-refractivity contribution >= 4 is 21.6 Å². The van der Waals surface area contributed by atoms with Crippen LogP contribution >= 0.6 is 15.9 Å². The SMILES string of the molecule is CC(N)Cc1cc(Br)ccc1N1CCN(C)C(C)C1. The molecule has 1 heterocycles. The zero-order chi connectivity index (χ0) is 14.0. The average Bonchev–Trinajstić information content (AvgIpc) is 2.32. The molecule has 1 aliphatic rings. The Hall–Kier alpha value is -0.580. The molecule has 2 unspecified atom stereocenters. The van der Waals surface area contributed by atoms with E-state index in [0.29, 0.717) is 6.04 Å². The molecule has 1 aliphatic heterocycles. The van der Waals surface area contributed by atoms with E-state index in [1.165, 1.54) is 11.3 Å². The number of benzene rings is 1. The standard InChI is InChI=1S/C15H24BrN3/c1-11(17)8-13-9-14(16)4-5-15(13)19-7-6-18(3)12(2)10-19/h4-5,9,11-12H,6-8,10,17H2,1-3H3. The lowest BCUT2D eigenvalue weighted by atomic mass is 10.0. The van der Waals surface area contributed by atoms with E-state index in [4.69, 9.17) is 5.73 Å². The van der Waals surface area contributed by atoms with Gasteiger partial charge >= 0.3 is 0 Å². The lowest BCUT2D eigenvalue weighted by Crippen LogP contribution is -2.50. The molecular formula is C15H24BrN3. The molecule has 0 radical (unpaired) electrons.